The Bertz CT molecular complexity index is 720. The van der Waals surface area contributed by atoms with E-state index in [9.17, 15) is 9.90 Å². The summed E-state index contributed by atoms with van der Waals surface area (Å²) in [7, 11) is 0. The topological polar surface area (TPSA) is 82.3 Å². The van der Waals surface area contributed by atoms with Crippen LogP contribution in [0.1, 0.15) is 28.4 Å². The molecule has 2 N–H and O–H groups in total. The van der Waals surface area contributed by atoms with Crippen molar-refractivity contribution in [1.29, 1.82) is 5.26 Å². The normalized spacial score (nSPS) is 11.3. The SMILES string of the molecule is C[C@@H](O)CNC(=O)c1cccc(OCc2cccc(C#N)c2)c1. The maximum atomic E-state index is 11.9. The lowest BCUT2D eigenvalue weighted by Crippen LogP contribution is -2.30. The minimum atomic E-state index is -0.592. The molecule has 118 valence electrons. The van der Waals surface area contributed by atoms with E-state index in [0.29, 0.717) is 23.5 Å². The first-order valence-electron chi connectivity index (χ1n) is 7.26. The summed E-state index contributed by atoms with van der Waals surface area (Å²) >= 11 is 0. The van der Waals surface area contributed by atoms with Crippen molar-refractivity contribution >= 4 is 5.91 Å². The second-order valence-corrected chi connectivity index (χ2v) is 5.19. The van der Waals surface area contributed by atoms with Crippen molar-refractivity contribution in [2.24, 2.45) is 0 Å². The molecule has 0 aliphatic heterocycles. The lowest BCUT2D eigenvalue weighted by molar-refractivity contribution is 0.0923. The highest BCUT2D eigenvalue weighted by Crippen LogP contribution is 2.15. The highest BCUT2D eigenvalue weighted by atomic mass is 16.5. The number of ether oxygens (including phenoxy) is 1. The van der Waals surface area contributed by atoms with E-state index in [2.05, 4.69) is 11.4 Å². The number of nitriles is 1. The minimum Gasteiger partial charge on any atom is -0.489 e. The van der Waals surface area contributed by atoms with E-state index in [1.807, 2.05) is 6.07 Å². The van der Waals surface area contributed by atoms with Gasteiger partial charge in [-0.3, -0.25) is 4.79 Å². The number of amides is 1. The van der Waals surface area contributed by atoms with E-state index in [1.54, 1.807) is 49.4 Å². The average molecular weight is 310 g/mol. The van der Waals surface area contributed by atoms with Gasteiger partial charge in [0.1, 0.15) is 12.4 Å². The fourth-order valence-corrected chi connectivity index (χ4v) is 1.97. The van der Waals surface area contributed by atoms with Crippen molar-refractivity contribution in [3.63, 3.8) is 0 Å². The predicted molar refractivity (Wildman–Crippen MR) is 85.9 cm³/mol. The number of hydrogen-bond donors (Lipinski definition) is 2. The molecule has 0 fully saturated rings. The van der Waals surface area contributed by atoms with Crippen molar-refractivity contribution in [1.82, 2.24) is 5.32 Å². The Morgan fingerprint density at radius 1 is 1.30 bits per heavy atom. The third kappa shape index (κ3) is 5.13. The molecule has 2 aromatic carbocycles. The van der Waals surface area contributed by atoms with Gasteiger partial charge >= 0.3 is 0 Å². The van der Waals surface area contributed by atoms with E-state index in [1.165, 1.54) is 0 Å². The molecule has 0 radical (unpaired) electrons. The highest BCUT2D eigenvalue weighted by molar-refractivity contribution is 5.94. The number of carbonyl (C=O) groups is 1. The van der Waals surface area contributed by atoms with Crippen molar-refractivity contribution in [3.05, 3.63) is 65.2 Å². The van der Waals surface area contributed by atoms with E-state index in [-0.39, 0.29) is 12.5 Å². The number of hydrogen-bond acceptors (Lipinski definition) is 4. The smallest absolute Gasteiger partial charge is 0.251 e. The van der Waals surface area contributed by atoms with Crippen LogP contribution >= 0.6 is 0 Å². The molecular weight excluding hydrogens is 292 g/mol. The Balaban J connectivity index is 1.99. The molecule has 0 aliphatic rings. The largest absolute Gasteiger partial charge is 0.489 e. The van der Waals surface area contributed by atoms with Gasteiger partial charge in [-0.2, -0.15) is 5.26 Å². The third-order valence-corrected chi connectivity index (χ3v) is 3.12. The number of carbonyl (C=O) groups excluding carboxylic acids is 1. The summed E-state index contributed by atoms with van der Waals surface area (Å²) in [5.41, 5.74) is 1.93. The number of aliphatic hydroxyl groups is 1. The molecule has 23 heavy (non-hydrogen) atoms. The lowest BCUT2D eigenvalue weighted by Gasteiger charge is -2.10. The van der Waals surface area contributed by atoms with Crippen molar-refractivity contribution < 1.29 is 14.6 Å². The van der Waals surface area contributed by atoms with Gasteiger partial charge in [0.15, 0.2) is 0 Å². The monoisotopic (exact) mass is 310 g/mol. The number of rotatable bonds is 6. The molecule has 0 bridgehead atoms. The highest BCUT2D eigenvalue weighted by Gasteiger charge is 2.07. The van der Waals surface area contributed by atoms with Gasteiger partial charge in [0.2, 0.25) is 0 Å². The summed E-state index contributed by atoms with van der Waals surface area (Å²) in [5.74, 6) is 0.305. The molecule has 0 aliphatic carbocycles. The number of benzene rings is 2. The van der Waals surface area contributed by atoms with Crippen LogP contribution in [0.4, 0.5) is 0 Å². The molecule has 1 atom stereocenters. The van der Waals surface area contributed by atoms with Crippen LogP contribution in [0.25, 0.3) is 0 Å². The second-order valence-electron chi connectivity index (χ2n) is 5.19. The van der Waals surface area contributed by atoms with Gasteiger partial charge in [-0.15, -0.1) is 0 Å². The van der Waals surface area contributed by atoms with Crippen molar-refractivity contribution in [2.75, 3.05) is 6.54 Å². The van der Waals surface area contributed by atoms with Gasteiger partial charge in [0.25, 0.3) is 5.91 Å². The summed E-state index contributed by atoms with van der Waals surface area (Å²) in [6.07, 6.45) is -0.592. The lowest BCUT2D eigenvalue weighted by atomic mass is 10.1. The van der Waals surface area contributed by atoms with Gasteiger partial charge in [-0.05, 0) is 42.8 Å². The number of nitrogens with one attached hydrogen (secondary N) is 1. The van der Waals surface area contributed by atoms with Crippen molar-refractivity contribution in [2.45, 2.75) is 19.6 Å². The molecule has 2 aromatic rings. The third-order valence-electron chi connectivity index (χ3n) is 3.12. The average Bonchev–Trinajstić information content (AvgIpc) is 2.58. The van der Waals surface area contributed by atoms with Gasteiger partial charge in [-0.1, -0.05) is 18.2 Å². The molecule has 0 aromatic heterocycles. The fourth-order valence-electron chi connectivity index (χ4n) is 1.97. The van der Waals surface area contributed by atoms with E-state index in [0.717, 1.165) is 5.56 Å². The molecule has 5 nitrogen and oxygen atoms in total. The molecule has 2 rings (SSSR count). The van der Waals surface area contributed by atoms with E-state index >= 15 is 0 Å². The molecule has 0 saturated heterocycles. The summed E-state index contributed by atoms with van der Waals surface area (Å²) in [6.45, 7) is 2.12. The second kappa shape index (κ2) is 7.97. The zero-order valence-corrected chi connectivity index (χ0v) is 12.8. The van der Waals surface area contributed by atoms with Crippen molar-refractivity contribution in [3.8, 4) is 11.8 Å². The number of aliphatic hydroxyl groups excluding tert-OH is 1. The Labute approximate surface area is 135 Å². The van der Waals surface area contributed by atoms with Gasteiger partial charge in [0.05, 0.1) is 17.7 Å². The van der Waals surface area contributed by atoms with Gasteiger partial charge in [0, 0.05) is 12.1 Å². The zero-order valence-electron chi connectivity index (χ0n) is 12.8. The Morgan fingerprint density at radius 2 is 2.09 bits per heavy atom. The van der Waals surface area contributed by atoms with Crippen LogP contribution in [0.2, 0.25) is 0 Å². The van der Waals surface area contributed by atoms with Gasteiger partial charge in [-0.25, -0.2) is 0 Å². The van der Waals surface area contributed by atoms with Crippen LogP contribution < -0.4 is 10.1 Å². The maximum Gasteiger partial charge on any atom is 0.251 e. The fraction of sp³-hybridized carbons (Fsp3) is 0.222. The van der Waals surface area contributed by atoms with E-state index in [4.69, 9.17) is 10.00 Å². The molecule has 0 unspecified atom stereocenters. The van der Waals surface area contributed by atoms with Crippen LogP contribution in [0, 0.1) is 11.3 Å². The Kier molecular flexibility index (Phi) is 5.73. The zero-order chi connectivity index (χ0) is 16.7. The molecule has 0 spiro atoms. The quantitative estimate of drug-likeness (QED) is 0.857. The Hall–Kier alpha value is -2.84. The van der Waals surface area contributed by atoms with E-state index < -0.39 is 6.10 Å². The molecular formula is C18H18N2O3. The summed E-state index contributed by atoms with van der Waals surface area (Å²) < 4.78 is 5.67. The van der Waals surface area contributed by atoms with Crippen LogP contribution in [0.3, 0.4) is 0 Å². The maximum absolute atomic E-state index is 11.9. The standard InChI is InChI=1S/C18H18N2O3/c1-13(21)11-20-18(22)16-6-3-7-17(9-16)23-12-15-5-2-4-14(8-15)10-19/h2-9,13,21H,11-12H2,1H3,(H,20,22)/t13-/m1/s1. The van der Waals surface area contributed by atoms with Crippen LogP contribution in [-0.4, -0.2) is 23.7 Å². The first kappa shape index (κ1) is 16.5. The molecule has 5 heteroatoms. The molecule has 0 heterocycles. The van der Waals surface area contributed by atoms with Crippen LogP contribution in [0.5, 0.6) is 5.75 Å². The Morgan fingerprint density at radius 3 is 2.83 bits per heavy atom. The summed E-state index contributed by atoms with van der Waals surface area (Å²) in [5, 5.41) is 20.7. The summed E-state index contributed by atoms with van der Waals surface area (Å²) in [6, 6.07) is 16.1. The summed E-state index contributed by atoms with van der Waals surface area (Å²) in [4.78, 5) is 11.9. The van der Waals surface area contributed by atoms with Crippen LogP contribution in [0.15, 0.2) is 48.5 Å². The first-order chi connectivity index (χ1) is 11.1. The number of nitrogens with zero attached hydrogens (tertiary/aromatic N) is 1. The minimum absolute atomic E-state index is 0.199. The first-order valence-corrected chi connectivity index (χ1v) is 7.26. The molecule has 0 saturated carbocycles. The predicted octanol–water partition coefficient (Wildman–Crippen LogP) is 2.25. The molecule has 1 amide bonds. The van der Waals surface area contributed by atoms with Crippen LogP contribution in [-0.2, 0) is 6.61 Å². The van der Waals surface area contributed by atoms with Gasteiger partial charge < -0.3 is 15.2 Å².